The summed E-state index contributed by atoms with van der Waals surface area (Å²) in [6.45, 7) is 9.98. The van der Waals surface area contributed by atoms with Crippen molar-refractivity contribution in [2.75, 3.05) is 33.0 Å². The molecule has 0 aromatic heterocycles. The van der Waals surface area contributed by atoms with Crippen LogP contribution in [0.3, 0.4) is 0 Å². The van der Waals surface area contributed by atoms with Gasteiger partial charge in [-0.1, -0.05) is 6.92 Å². The second-order valence-electron chi connectivity index (χ2n) is 6.24. The lowest BCUT2D eigenvalue weighted by molar-refractivity contribution is -0.208. The minimum Gasteiger partial charge on any atom is -0.376 e. The molecule has 2 fully saturated rings. The molecule has 1 saturated carbocycles. The average Bonchev–Trinajstić information content (AvgIpc) is 2.91. The molecule has 21 heavy (non-hydrogen) atoms. The fourth-order valence-corrected chi connectivity index (χ4v) is 3.09. The van der Waals surface area contributed by atoms with Crippen molar-refractivity contribution in [3.63, 3.8) is 0 Å². The predicted octanol–water partition coefficient (Wildman–Crippen LogP) is 2.09. The Labute approximate surface area is 128 Å². The third kappa shape index (κ3) is 5.18. The molecule has 5 heteroatoms. The van der Waals surface area contributed by atoms with Crippen molar-refractivity contribution >= 4 is 0 Å². The number of hydrogen-bond donors (Lipinski definition) is 1. The second-order valence-corrected chi connectivity index (χ2v) is 6.24. The number of ether oxygens (including phenoxy) is 4. The van der Waals surface area contributed by atoms with Gasteiger partial charge in [0.05, 0.1) is 38.6 Å². The van der Waals surface area contributed by atoms with E-state index >= 15 is 0 Å². The first-order chi connectivity index (χ1) is 10.2. The van der Waals surface area contributed by atoms with Gasteiger partial charge >= 0.3 is 0 Å². The first-order valence-corrected chi connectivity index (χ1v) is 8.40. The third-order valence-electron chi connectivity index (χ3n) is 4.13. The molecule has 0 aromatic rings. The van der Waals surface area contributed by atoms with Gasteiger partial charge in [0.2, 0.25) is 0 Å². The predicted molar refractivity (Wildman–Crippen MR) is 81.4 cm³/mol. The van der Waals surface area contributed by atoms with Gasteiger partial charge < -0.3 is 24.3 Å². The van der Waals surface area contributed by atoms with Crippen LogP contribution in [0.5, 0.6) is 0 Å². The number of hydrogen-bond acceptors (Lipinski definition) is 5. The molecule has 2 aliphatic rings. The second kappa shape index (κ2) is 8.44. The summed E-state index contributed by atoms with van der Waals surface area (Å²) in [6, 6.07) is 0.391. The first kappa shape index (κ1) is 17.2. The summed E-state index contributed by atoms with van der Waals surface area (Å²) in [7, 11) is 0. The summed E-state index contributed by atoms with van der Waals surface area (Å²) in [4.78, 5) is 0. The summed E-state index contributed by atoms with van der Waals surface area (Å²) in [5.74, 6) is -0.395. The van der Waals surface area contributed by atoms with Gasteiger partial charge in [-0.15, -0.1) is 0 Å². The first-order valence-electron chi connectivity index (χ1n) is 8.40. The van der Waals surface area contributed by atoms with Crippen LogP contribution in [-0.4, -0.2) is 57.0 Å². The smallest absolute Gasteiger partial charge is 0.171 e. The maximum atomic E-state index is 6.08. The molecule has 124 valence electrons. The highest BCUT2D eigenvalue weighted by Gasteiger charge is 2.45. The summed E-state index contributed by atoms with van der Waals surface area (Å²) in [6.07, 6.45) is 4.33. The van der Waals surface area contributed by atoms with Crippen molar-refractivity contribution in [1.29, 1.82) is 0 Å². The molecule has 0 bridgehead atoms. The Morgan fingerprint density at radius 2 is 2.00 bits per heavy atom. The molecule has 1 N–H and O–H groups in total. The average molecular weight is 301 g/mol. The summed E-state index contributed by atoms with van der Waals surface area (Å²) in [5.41, 5.74) is 0. The number of nitrogens with one attached hydrogen (secondary N) is 1. The molecule has 2 unspecified atom stereocenters. The van der Waals surface area contributed by atoms with E-state index in [1.807, 2.05) is 13.8 Å². The van der Waals surface area contributed by atoms with Gasteiger partial charge in [-0.2, -0.15) is 0 Å². The number of rotatable bonds is 8. The molecule has 0 amide bonds. The Morgan fingerprint density at radius 1 is 1.24 bits per heavy atom. The molecule has 0 aromatic carbocycles. The largest absolute Gasteiger partial charge is 0.376 e. The standard InChI is InChI=1S/C16H31NO4/c1-4-7-17-14-5-6-16(20-10-11-21-16)12-15(14)19-9-8-18-13(2)3/h13-15,17H,4-12H2,1-3H3. The SMILES string of the molecule is CCCNC1CCC2(CC1OCCOC(C)C)OCCO2. The van der Waals surface area contributed by atoms with E-state index in [-0.39, 0.29) is 12.2 Å². The van der Waals surface area contributed by atoms with E-state index < -0.39 is 5.79 Å². The molecule has 1 aliphatic heterocycles. The highest BCUT2D eigenvalue weighted by atomic mass is 16.7. The molecule has 1 saturated heterocycles. The van der Waals surface area contributed by atoms with Crippen LogP contribution in [0.1, 0.15) is 46.5 Å². The Balaban J connectivity index is 1.83. The van der Waals surface area contributed by atoms with E-state index in [1.165, 1.54) is 0 Å². The Hall–Kier alpha value is -0.200. The van der Waals surface area contributed by atoms with Gasteiger partial charge in [-0.05, 0) is 33.2 Å². The van der Waals surface area contributed by atoms with Crippen LogP contribution >= 0.6 is 0 Å². The van der Waals surface area contributed by atoms with Crippen LogP contribution in [0.15, 0.2) is 0 Å². The van der Waals surface area contributed by atoms with Gasteiger partial charge in [0.15, 0.2) is 5.79 Å². The molecule has 2 atom stereocenters. The van der Waals surface area contributed by atoms with Gasteiger partial charge in [-0.3, -0.25) is 0 Å². The minimum absolute atomic E-state index is 0.138. The topological polar surface area (TPSA) is 49.0 Å². The van der Waals surface area contributed by atoms with E-state index in [2.05, 4.69) is 12.2 Å². The van der Waals surface area contributed by atoms with E-state index in [1.54, 1.807) is 0 Å². The van der Waals surface area contributed by atoms with Crippen LogP contribution in [0.2, 0.25) is 0 Å². The van der Waals surface area contributed by atoms with Gasteiger partial charge in [0.1, 0.15) is 0 Å². The van der Waals surface area contributed by atoms with Gasteiger partial charge in [0, 0.05) is 18.9 Å². The zero-order chi connectivity index (χ0) is 15.1. The monoisotopic (exact) mass is 301 g/mol. The lowest BCUT2D eigenvalue weighted by Crippen LogP contribution is -2.52. The summed E-state index contributed by atoms with van der Waals surface area (Å²) >= 11 is 0. The van der Waals surface area contributed by atoms with E-state index in [0.717, 1.165) is 32.2 Å². The fourth-order valence-electron chi connectivity index (χ4n) is 3.09. The molecular weight excluding hydrogens is 270 g/mol. The molecule has 5 nitrogen and oxygen atoms in total. The highest BCUT2D eigenvalue weighted by Crippen LogP contribution is 2.37. The van der Waals surface area contributed by atoms with Crippen LogP contribution < -0.4 is 5.32 Å². The Morgan fingerprint density at radius 3 is 2.67 bits per heavy atom. The fraction of sp³-hybridized carbons (Fsp3) is 1.00. The van der Waals surface area contributed by atoms with Crippen molar-refractivity contribution in [3.8, 4) is 0 Å². The lowest BCUT2D eigenvalue weighted by atomic mass is 9.87. The summed E-state index contributed by atoms with van der Waals surface area (Å²) < 4.78 is 23.3. The summed E-state index contributed by atoms with van der Waals surface area (Å²) in [5, 5.41) is 3.60. The van der Waals surface area contributed by atoms with Crippen molar-refractivity contribution in [1.82, 2.24) is 5.32 Å². The van der Waals surface area contributed by atoms with Gasteiger partial charge in [0.25, 0.3) is 0 Å². The maximum absolute atomic E-state index is 6.08. The van der Waals surface area contributed by atoms with Crippen molar-refractivity contribution in [3.05, 3.63) is 0 Å². The highest BCUT2D eigenvalue weighted by molar-refractivity contribution is 4.92. The van der Waals surface area contributed by atoms with E-state index in [4.69, 9.17) is 18.9 Å². The molecule has 1 aliphatic carbocycles. The molecule has 1 spiro atoms. The molecular formula is C16H31NO4. The van der Waals surface area contributed by atoms with E-state index in [9.17, 15) is 0 Å². The Kier molecular flexibility index (Phi) is 6.89. The lowest BCUT2D eigenvalue weighted by Gasteiger charge is -2.41. The molecule has 0 radical (unpaired) electrons. The third-order valence-corrected chi connectivity index (χ3v) is 4.13. The van der Waals surface area contributed by atoms with Crippen molar-refractivity contribution in [2.45, 2.75) is 70.5 Å². The van der Waals surface area contributed by atoms with Crippen LogP contribution in [0.25, 0.3) is 0 Å². The zero-order valence-corrected chi connectivity index (χ0v) is 13.7. The van der Waals surface area contributed by atoms with Crippen LogP contribution in [0, 0.1) is 0 Å². The van der Waals surface area contributed by atoms with Crippen LogP contribution in [0.4, 0.5) is 0 Å². The van der Waals surface area contributed by atoms with Crippen LogP contribution in [-0.2, 0) is 18.9 Å². The van der Waals surface area contributed by atoms with Crippen molar-refractivity contribution in [2.24, 2.45) is 0 Å². The molecule has 2 rings (SSSR count). The Bertz CT molecular complexity index is 292. The molecule has 1 heterocycles. The zero-order valence-electron chi connectivity index (χ0n) is 13.7. The minimum atomic E-state index is -0.395. The quantitative estimate of drug-likeness (QED) is 0.696. The van der Waals surface area contributed by atoms with E-state index in [0.29, 0.717) is 32.5 Å². The van der Waals surface area contributed by atoms with Crippen molar-refractivity contribution < 1.29 is 18.9 Å². The normalized spacial score (nSPS) is 28.6. The van der Waals surface area contributed by atoms with Gasteiger partial charge in [-0.25, -0.2) is 0 Å². The maximum Gasteiger partial charge on any atom is 0.171 e.